The molecule has 0 atom stereocenters. The highest BCUT2D eigenvalue weighted by Gasteiger charge is 2.79. The van der Waals surface area contributed by atoms with Crippen molar-refractivity contribution in [3.05, 3.63) is 12.2 Å². The summed E-state index contributed by atoms with van der Waals surface area (Å²) in [5, 5.41) is 8.37. The van der Waals surface area contributed by atoms with Crippen LogP contribution >= 0.6 is 0 Å². The van der Waals surface area contributed by atoms with E-state index in [1.165, 1.54) is 13.0 Å². The number of rotatable bonds is 10. The lowest BCUT2D eigenvalue weighted by molar-refractivity contribution is -0.367. The molecule has 9 heteroatoms. The van der Waals surface area contributed by atoms with Crippen LogP contribution in [0.15, 0.2) is 12.2 Å². The number of allylic oxidation sites excluding steroid dienone is 2. The van der Waals surface area contributed by atoms with E-state index in [0.29, 0.717) is 0 Å². The molecule has 0 aromatic heterocycles. The predicted molar refractivity (Wildman–Crippen MR) is 64.8 cm³/mol. The van der Waals surface area contributed by atoms with Gasteiger partial charge in [0.1, 0.15) is 0 Å². The van der Waals surface area contributed by atoms with Crippen molar-refractivity contribution in [3.63, 3.8) is 0 Å². The largest absolute Gasteiger partial charge is 0.396 e. The van der Waals surface area contributed by atoms with Gasteiger partial charge < -0.3 is 5.11 Å². The Bertz CT molecular complexity index is 365. The normalized spacial score (nSPS) is 14.8. The molecular formula is C13H18F8O. The van der Waals surface area contributed by atoms with E-state index in [-0.39, 0.29) is 6.42 Å². The Balaban J connectivity index is 5.26. The van der Waals surface area contributed by atoms with E-state index >= 15 is 0 Å². The second kappa shape index (κ2) is 7.61. The topological polar surface area (TPSA) is 20.2 Å². The number of alkyl halides is 8. The van der Waals surface area contributed by atoms with Crippen molar-refractivity contribution in [2.24, 2.45) is 0 Å². The molecule has 1 nitrogen and oxygen atoms in total. The second-order valence-electron chi connectivity index (χ2n) is 4.85. The van der Waals surface area contributed by atoms with Crippen LogP contribution in [-0.4, -0.2) is 35.4 Å². The third-order valence-electron chi connectivity index (χ3n) is 3.07. The molecule has 0 aromatic carbocycles. The average Bonchev–Trinajstić information content (AvgIpc) is 2.38. The van der Waals surface area contributed by atoms with Gasteiger partial charge in [-0.2, -0.15) is 35.1 Å². The molecule has 0 rings (SSSR count). The van der Waals surface area contributed by atoms with Gasteiger partial charge in [0.05, 0.1) is 0 Å². The Morgan fingerprint density at radius 2 is 1.23 bits per heavy atom. The zero-order valence-corrected chi connectivity index (χ0v) is 11.9. The van der Waals surface area contributed by atoms with Gasteiger partial charge in [0.15, 0.2) is 0 Å². The molecule has 0 amide bonds. The molecule has 0 unspecified atom stereocenters. The van der Waals surface area contributed by atoms with E-state index in [2.05, 4.69) is 0 Å². The maximum atomic E-state index is 13.4. The van der Waals surface area contributed by atoms with Crippen LogP contribution in [0.1, 0.15) is 39.0 Å². The Labute approximate surface area is 123 Å². The lowest BCUT2D eigenvalue weighted by Gasteiger charge is -2.36. The molecule has 1 N–H and O–H groups in total. The van der Waals surface area contributed by atoms with Gasteiger partial charge in [0.25, 0.3) is 0 Å². The summed E-state index contributed by atoms with van der Waals surface area (Å²) in [6.07, 6.45) is -2.77. The van der Waals surface area contributed by atoms with Crippen LogP contribution in [0.4, 0.5) is 35.1 Å². The minimum Gasteiger partial charge on any atom is -0.396 e. The fourth-order valence-electron chi connectivity index (χ4n) is 1.66. The maximum absolute atomic E-state index is 13.4. The number of aliphatic hydroxyl groups excluding tert-OH is 1. The number of hydrogen-bond acceptors (Lipinski definition) is 1. The summed E-state index contributed by atoms with van der Waals surface area (Å²) in [6, 6.07) is 0. The molecule has 0 fully saturated rings. The van der Waals surface area contributed by atoms with Crippen molar-refractivity contribution in [1.29, 1.82) is 0 Å². The quantitative estimate of drug-likeness (QED) is 0.335. The van der Waals surface area contributed by atoms with Crippen LogP contribution in [0.25, 0.3) is 0 Å². The van der Waals surface area contributed by atoms with Crippen LogP contribution in [-0.2, 0) is 0 Å². The number of hydrogen-bond donors (Lipinski definition) is 1. The Kier molecular flexibility index (Phi) is 7.31. The first kappa shape index (κ1) is 21.1. The van der Waals surface area contributed by atoms with E-state index in [9.17, 15) is 35.1 Å². The molecule has 0 saturated carbocycles. The zero-order chi connectivity index (χ0) is 17.7. The molecule has 0 aliphatic rings. The highest BCUT2D eigenvalue weighted by atomic mass is 19.4. The van der Waals surface area contributed by atoms with Gasteiger partial charge in [-0.3, -0.25) is 0 Å². The van der Waals surface area contributed by atoms with Crippen LogP contribution in [0.2, 0.25) is 0 Å². The highest BCUT2D eigenvalue weighted by molar-refractivity contribution is 5.04. The standard InChI is InChI=1S/C13H18F8O/c1-2-3-4-7-10(14,15)12(18,19)13(20,21)11(16,17)8-5-6-9-22/h2-3,22H,4-9H2,1H3/b3-2+. The van der Waals surface area contributed by atoms with Crippen molar-refractivity contribution in [2.45, 2.75) is 62.7 Å². The van der Waals surface area contributed by atoms with Gasteiger partial charge in [-0.15, -0.1) is 0 Å². The first-order chi connectivity index (χ1) is 9.87. The van der Waals surface area contributed by atoms with Gasteiger partial charge >= 0.3 is 23.7 Å². The van der Waals surface area contributed by atoms with Crippen molar-refractivity contribution in [2.75, 3.05) is 6.61 Å². The molecule has 0 spiro atoms. The molecule has 0 bridgehead atoms. The van der Waals surface area contributed by atoms with Crippen LogP contribution in [0, 0.1) is 0 Å². The van der Waals surface area contributed by atoms with Gasteiger partial charge in [-0.1, -0.05) is 12.2 Å². The van der Waals surface area contributed by atoms with Gasteiger partial charge in [-0.05, 0) is 26.2 Å². The van der Waals surface area contributed by atoms with E-state index in [1.807, 2.05) is 0 Å². The van der Waals surface area contributed by atoms with E-state index in [1.54, 1.807) is 0 Å². The molecular weight excluding hydrogens is 324 g/mol. The van der Waals surface area contributed by atoms with Gasteiger partial charge in [0, 0.05) is 19.4 Å². The van der Waals surface area contributed by atoms with E-state index in [4.69, 9.17) is 5.11 Å². The first-order valence-corrected chi connectivity index (χ1v) is 6.60. The first-order valence-electron chi connectivity index (χ1n) is 6.60. The summed E-state index contributed by atoms with van der Waals surface area (Å²) < 4.78 is 107. The highest BCUT2D eigenvalue weighted by Crippen LogP contribution is 2.55. The Hall–Kier alpha value is -0.860. The SMILES string of the molecule is C/C=C/CCC(F)(F)C(F)(F)C(F)(F)C(F)(F)CCCCO. The predicted octanol–water partition coefficient (Wildman–Crippen LogP) is 5.05. The Morgan fingerprint density at radius 1 is 0.773 bits per heavy atom. The fraction of sp³-hybridized carbons (Fsp3) is 0.846. The molecule has 0 saturated heterocycles. The van der Waals surface area contributed by atoms with Crippen molar-refractivity contribution < 1.29 is 40.2 Å². The molecule has 22 heavy (non-hydrogen) atoms. The number of unbranched alkanes of at least 4 members (excludes halogenated alkanes) is 1. The monoisotopic (exact) mass is 342 g/mol. The van der Waals surface area contributed by atoms with Crippen LogP contribution < -0.4 is 0 Å². The summed E-state index contributed by atoms with van der Waals surface area (Å²) in [5.41, 5.74) is 0. The fourth-order valence-corrected chi connectivity index (χ4v) is 1.66. The van der Waals surface area contributed by atoms with Crippen molar-refractivity contribution in [3.8, 4) is 0 Å². The summed E-state index contributed by atoms with van der Waals surface area (Å²) in [7, 11) is 0. The molecule has 0 heterocycles. The van der Waals surface area contributed by atoms with E-state index in [0.717, 1.165) is 6.08 Å². The molecule has 0 aromatic rings. The van der Waals surface area contributed by atoms with Crippen molar-refractivity contribution >= 4 is 0 Å². The smallest absolute Gasteiger partial charge is 0.378 e. The third kappa shape index (κ3) is 4.33. The summed E-state index contributed by atoms with van der Waals surface area (Å²) in [6.45, 7) is 0.803. The molecule has 0 aliphatic carbocycles. The summed E-state index contributed by atoms with van der Waals surface area (Å²) in [4.78, 5) is 0. The lowest BCUT2D eigenvalue weighted by atomic mass is 9.93. The second-order valence-corrected chi connectivity index (χ2v) is 4.85. The minimum atomic E-state index is -6.20. The Morgan fingerprint density at radius 3 is 1.64 bits per heavy atom. The lowest BCUT2D eigenvalue weighted by Crippen LogP contribution is -2.62. The average molecular weight is 342 g/mol. The van der Waals surface area contributed by atoms with Crippen molar-refractivity contribution in [1.82, 2.24) is 0 Å². The zero-order valence-electron chi connectivity index (χ0n) is 11.9. The molecule has 0 radical (unpaired) electrons. The van der Waals surface area contributed by atoms with Gasteiger partial charge in [0.2, 0.25) is 0 Å². The van der Waals surface area contributed by atoms with Crippen LogP contribution in [0.5, 0.6) is 0 Å². The third-order valence-corrected chi connectivity index (χ3v) is 3.07. The minimum absolute atomic E-state index is 0.324. The molecule has 0 aliphatic heterocycles. The van der Waals surface area contributed by atoms with E-state index < -0.39 is 56.0 Å². The van der Waals surface area contributed by atoms with Crippen LogP contribution in [0.3, 0.4) is 0 Å². The summed E-state index contributed by atoms with van der Waals surface area (Å²) >= 11 is 0. The molecule has 132 valence electrons. The summed E-state index contributed by atoms with van der Waals surface area (Å²) in [5.74, 6) is -23.0. The van der Waals surface area contributed by atoms with Gasteiger partial charge in [-0.25, -0.2) is 0 Å². The maximum Gasteiger partial charge on any atom is 0.378 e. The number of halogens is 8. The number of aliphatic hydroxyl groups is 1.